The van der Waals surface area contributed by atoms with Crippen LogP contribution in [-0.2, 0) is 16.0 Å². The molecular formula is C24H25N5O2. The molecule has 1 saturated heterocycles. The maximum atomic E-state index is 13.5. The maximum absolute atomic E-state index is 13.5. The second-order valence-electron chi connectivity index (χ2n) is 8.20. The van der Waals surface area contributed by atoms with Crippen LogP contribution in [0, 0.1) is 5.92 Å². The lowest BCUT2D eigenvalue weighted by Gasteiger charge is -2.34. The second kappa shape index (κ2) is 7.65. The van der Waals surface area contributed by atoms with Crippen molar-refractivity contribution in [2.45, 2.75) is 19.8 Å². The van der Waals surface area contributed by atoms with Gasteiger partial charge in [-0.1, -0.05) is 31.2 Å². The molecule has 1 fully saturated rings. The zero-order chi connectivity index (χ0) is 21.5. The minimum absolute atomic E-state index is 0.0125. The highest BCUT2D eigenvalue weighted by Crippen LogP contribution is 2.34. The van der Waals surface area contributed by atoms with E-state index < -0.39 is 0 Å². The molecule has 31 heavy (non-hydrogen) atoms. The number of carbonyl (C=O) groups is 2. The van der Waals surface area contributed by atoms with Crippen LogP contribution >= 0.6 is 0 Å². The minimum atomic E-state index is -0.386. The normalized spacial score (nSPS) is 18.6. The molecule has 5 rings (SSSR count). The van der Waals surface area contributed by atoms with Crippen LogP contribution in [0.3, 0.4) is 0 Å². The van der Waals surface area contributed by atoms with Crippen molar-refractivity contribution in [2.24, 2.45) is 5.92 Å². The van der Waals surface area contributed by atoms with E-state index in [1.54, 1.807) is 9.80 Å². The zero-order valence-electron chi connectivity index (χ0n) is 17.8. The molecule has 0 bridgehead atoms. The van der Waals surface area contributed by atoms with Crippen molar-refractivity contribution in [3.8, 4) is 0 Å². The largest absolute Gasteiger partial charge is 0.355 e. The van der Waals surface area contributed by atoms with Crippen molar-refractivity contribution in [1.29, 1.82) is 0 Å². The van der Waals surface area contributed by atoms with E-state index >= 15 is 0 Å². The van der Waals surface area contributed by atoms with Gasteiger partial charge in [0, 0.05) is 38.8 Å². The lowest BCUT2D eigenvalue weighted by Crippen LogP contribution is -2.46. The number of anilines is 3. The summed E-state index contributed by atoms with van der Waals surface area (Å²) in [6, 6.07) is 15.7. The highest BCUT2D eigenvalue weighted by molar-refractivity contribution is 6.05. The molecule has 0 aliphatic carbocycles. The fraction of sp³-hybridized carbons (Fsp3) is 0.333. The van der Waals surface area contributed by atoms with Crippen LogP contribution in [0.2, 0.25) is 0 Å². The summed E-state index contributed by atoms with van der Waals surface area (Å²) in [5.74, 6) is 0.828. The Bertz CT molecular complexity index is 1160. The summed E-state index contributed by atoms with van der Waals surface area (Å²) in [5.41, 5.74) is 3.64. The van der Waals surface area contributed by atoms with Crippen molar-refractivity contribution in [3.63, 3.8) is 0 Å². The van der Waals surface area contributed by atoms with Gasteiger partial charge in [-0.25, -0.2) is 9.97 Å². The van der Waals surface area contributed by atoms with Gasteiger partial charge < -0.3 is 9.80 Å². The molecule has 0 radical (unpaired) electrons. The Hall–Kier alpha value is -3.48. The average molecular weight is 415 g/mol. The molecule has 158 valence electrons. The van der Waals surface area contributed by atoms with Crippen LogP contribution in [0.4, 0.5) is 17.3 Å². The first-order chi connectivity index (χ1) is 15.0. The summed E-state index contributed by atoms with van der Waals surface area (Å²) < 4.78 is 0. The highest BCUT2D eigenvalue weighted by atomic mass is 16.2. The van der Waals surface area contributed by atoms with Crippen molar-refractivity contribution >= 4 is 40.2 Å². The number of rotatable bonds is 3. The second-order valence-corrected chi connectivity index (χ2v) is 8.20. The summed E-state index contributed by atoms with van der Waals surface area (Å²) in [7, 11) is 1.96. The van der Waals surface area contributed by atoms with E-state index in [2.05, 4.69) is 6.92 Å². The lowest BCUT2D eigenvalue weighted by atomic mass is 10.1. The summed E-state index contributed by atoms with van der Waals surface area (Å²) in [6.45, 7) is 3.70. The predicted molar refractivity (Wildman–Crippen MR) is 121 cm³/mol. The SMILES string of the molecule is CCc1ccc(N2CC(C(=O)N3CCN(C)c4nc5ccccc5nc43)CC2=O)cc1. The average Bonchev–Trinajstić information content (AvgIpc) is 3.19. The summed E-state index contributed by atoms with van der Waals surface area (Å²) in [4.78, 5) is 41.2. The van der Waals surface area contributed by atoms with Crippen LogP contribution in [0.15, 0.2) is 48.5 Å². The third kappa shape index (κ3) is 3.40. The first kappa shape index (κ1) is 19.5. The molecule has 1 atom stereocenters. The number of aryl methyl sites for hydroxylation is 1. The number of fused-ring (bicyclic) bond motifs is 2. The molecule has 2 aliphatic heterocycles. The van der Waals surface area contributed by atoms with Crippen molar-refractivity contribution < 1.29 is 9.59 Å². The number of amides is 2. The molecule has 1 unspecified atom stereocenters. The van der Waals surface area contributed by atoms with Crippen LogP contribution < -0.4 is 14.7 Å². The van der Waals surface area contributed by atoms with Gasteiger partial charge in [0.25, 0.3) is 0 Å². The smallest absolute Gasteiger partial charge is 0.233 e. The Labute approximate surface area is 181 Å². The molecule has 2 aliphatic rings. The Balaban J connectivity index is 1.42. The van der Waals surface area contributed by atoms with Crippen LogP contribution in [-0.4, -0.2) is 48.5 Å². The Kier molecular flexibility index (Phi) is 4.81. The number of carbonyl (C=O) groups excluding carboxylic acids is 2. The molecule has 3 heterocycles. The lowest BCUT2D eigenvalue weighted by molar-refractivity contribution is -0.124. The van der Waals surface area contributed by atoms with Gasteiger partial charge in [0.05, 0.1) is 17.0 Å². The van der Waals surface area contributed by atoms with Crippen LogP contribution in [0.1, 0.15) is 18.9 Å². The molecule has 0 spiro atoms. The molecule has 0 saturated carbocycles. The fourth-order valence-corrected chi connectivity index (χ4v) is 4.35. The molecule has 7 nitrogen and oxygen atoms in total. The molecule has 2 amide bonds. The molecular weight excluding hydrogens is 390 g/mol. The third-order valence-corrected chi connectivity index (χ3v) is 6.21. The standard InChI is InChI=1S/C24H25N5O2/c1-3-16-8-10-18(11-9-16)29-15-17(14-21(29)30)24(31)28-13-12-27(2)22-23(28)26-20-7-5-4-6-19(20)25-22/h4-11,17H,3,12-15H2,1-2H3. The first-order valence-corrected chi connectivity index (χ1v) is 10.7. The van der Waals surface area contributed by atoms with Crippen LogP contribution in [0.5, 0.6) is 0 Å². The number of hydrogen-bond donors (Lipinski definition) is 0. The summed E-state index contributed by atoms with van der Waals surface area (Å²) in [5, 5.41) is 0. The zero-order valence-corrected chi connectivity index (χ0v) is 17.8. The van der Waals surface area contributed by atoms with Gasteiger partial charge in [-0.2, -0.15) is 0 Å². The van der Waals surface area contributed by atoms with E-state index in [4.69, 9.17) is 9.97 Å². The third-order valence-electron chi connectivity index (χ3n) is 6.21. The van der Waals surface area contributed by atoms with Gasteiger partial charge in [0.2, 0.25) is 11.8 Å². The van der Waals surface area contributed by atoms with Gasteiger partial charge >= 0.3 is 0 Å². The van der Waals surface area contributed by atoms with Crippen molar-refractivity contribution in [3.05, 3.63) is 54.1 Å². The molecule has 0 N–H and O–H groups in total. The van der Waals surface area contributed by atoms with E-state index in [0.717, 1.165) is 23.1 Å². The summed E-state index contributed by atoms with van der Waals surface area (Å²) >= 11 is 0. The minimum Gasteiger partial charge on any atom is -0.355 e. The number of nitrogens with zero attached hydrogens (tertiary/aromatic N) is 5. The van der Waals surface area contributed by atoms with Crippen molar-refractivity contribution in [2.75, 3.05) is 41.4 Å². The van der Waals surface area contributed by atoms with Gasteiger partial charge in [-0.3, -0.25) is 14.5 Å². The Morgan fingerprint density at radius 2 is 1.68 bits per heavy atom. The molecule has 7 heteroatoms. The van der Waals surface area contributed by atoms with Crippen LogP contribution in [0.25, 0.3) is 11.0 Å². The monoisotopic (exact) mass is 415 g/mol. The van der Waals surface area contributed by atoms with E-state index in [9.17, 15) is 9.59 Å². The number of hydrogen-bond acceptors (Lipinski definition) is 5. The number of para-hydroxylation sites is 2. The van der Waals surface area contributed by atoms with E-state index in [1.807, 2.05) is 60.5 Å². The molecule has 1 aromatic heterocycles. The van der Waals surface area contributed by atoms with E-state index in [1.165, 1.54) is 5.56 Å². The van der Waals surface area contributed by atoms with Gasteiger partial charge in [0.15, 0.2) is 11.6 Å². The van der Waals surface area contributed by atoms with Gasteiger partial charge in [-0.15, -0.1) is 0 Å². The Morgan fingerprint density at radius 3 is 2.35 bits per heavy atom. The number of aromatic nitrogens is 2. The summed E-state index contributed by atoms with van der Waals surface area (Å²) in [6.07, 6.45) is 1.17. The Morgan fingerprint density at radius 1 is 1.00 bits per heavy atom. The quantitative estimate of drug-likeness (QED) is 0.658. The van der Waals surface area contributed by atoms with E-state index in [-0.39, 0.29) is 24.2 Å². The fourth-order valence-electron chi connectivity index (χ4n) is 4.35. The number of likely N-dealkylation sites (N-methyl/N-ethyl adjacent to an activating group) is 1. The first-order valence-electron chi connectivity index (χ1n) is 10.7. The van der Waals surface area contributed by atoms with Gasteiger partial charge in [-0.05, 0) is 36.2 Å². The maximum Gasteiger partial charge on any atom is 0.233 e. The predicted octanol–water partition coefficient (Wildman–Crippen LogP) is 3.03. The van der Waals surface area contributed by atoms with Crippen molar-refractivity contribution in [1.82, 2.24) is 9.97 Å². The highest BCUT2D eigenvalue weighted by Gasteiger charge is 2.40. The van der Waals surface area contributed by atoms with Gasteiger partial charge in [0.1, 0.15) is 0 Å². The topological polar surface area (TPSA) is 69.6 Å². The van der Waals surface area contributed by atoms with E-state index in [0.29, 0.717) is 31.3 Å². The molecule has 2 aromatic carbocycles. The number of benzene rings is 2. The molecule has 3 aromatic rings.